The first kappa shape index (κ1) is 19.4. The number of aryl methyl sites for hydroxylation is 1. The summed E-state index contributed by atoms with van der Waals surface area (Å²) < 4.78 is 38.5. The van der Waals surface area contributed by atoms with E-state index < -0.39 is 12.1 Å². The first-order valence-electron chi connectivity index (χ1n) is 9.15. The molecule has 1 fully saturated rings. The highest BCUT2D eigenvalue weighted by Crippen LogP contribution is 2.38. The highest BCUT2D eigenvalue weighted by atomic mass is 19.4. The van der Waals surface area contributed by atoms with E-state index in [1.165, 1.54) is 0 Å². The zero-order valence-electron chi connectivity index (χ0n) is 15.5. The minimum atomic E-state index is -4.09. The van der Waals surface area contributed by atoms with Crippen LogP contribution in [-0.2, 0) is 6.54 Å². The fraction of sp³-hybridized carbons (Fsp3) is 0.526. The van der Waals surface area contributed by atoms with Gasteiger partial charge < -0.3 is 10.6 Å². The smallest absolute Gasteiger partial charge is 0.367 e. The van der Waals surface area contributed by atoms with Gasteiger partial charge in [0.1, 0.15) is 5.82 Å². The molecule has 0 aromatic carbocycles. The van der Waals surface area contributed by atoms with Crippen LogP contribution in [0.15, 0.2) is 24.4 Å². The number of aromatic nitrogens is 3. The standard InChI is InChI=1S/C19H24F3N5/c1-12-13(2)25-18(24-11-16-5-3-4-10-23-16)27-17(12)26-15-8-6-14(7-9-15)19(20,21)22/h3-5,10,14-15H,6-9,11H2,1-2H3,(H2,24,25,26,27). The lowest BCUT2D eigenvalue weighted by atomic mass is 9.85. The van der Waals surface area contributed by atoms with Crippen molar-refractivity contribution in [3.8, 4) is 0 Å². The molecule has 3 rings (SSSR count). The second-order valence-electron chi connectivity index (χ2n) is 7.02. The normalized spacial score (nSPS) is 20.3. The van der Waals surface area contributed by atoms with E-state index in [-0.39, 0.29) is 18.9 Å². The van der Waals surface area contributed by atoms with Crippen molar-refractivity contribution in [1.29, 1.82) is 0 Å². The first-order chi connectivity index (χ1) is 12.8. The van der Waals surface area contributed by atoms with E-state index in [9.17, 15) is 13.2 Å². The molecule has 27 heavy (non-hydrogen) atoms. The molecule has 2 aromatic rings. The number of alkyl halides is 3. The summed E-state index contributed by atoms with van der Waals surface area (Å²) in [5.74, 6) is -0.0175. The summed E-state index contributed by atoms with van der Waals surface area (Å²) in [6.45, 7) is 4.32. The number of hydrogen-bond donors (Lipinski definition) is 2. The number of nitrogens with one attached hydrogen (secondary N) is 2. The summed E-state index contributed by atoms with van der Waals surface area (Å²) in [5.41, 5.74) is 2.62. The Morgan fingerprint density at radius 3 is 2.44 bits per heavy atom. The van der Waals surface area contributed by atoms with Crippen molar-refractivity contribution in [2.75, 3.05) is 10.6 Å². The lowest BCUT2D eigenvalue weighted by molar-refractivity contribution is -0.182. The molecule has 2 heterocycles. The van der Waals surface area contributed by atoms with E-state index in [0.717, 1.165) is 17.0 Å². The maximum atomic E-state index is 12.8. The van der Waals surface area contributed by atoms with E-state index in [4.69, 9.17) is 0 Å². The Morgan fingerprint density at radius 1 is 1.07 bits per heavy atom. The molecule has 8 heteroatoms. The van der Waals surface area contributed by atoms with Crippen LogP contribution in [0.4, 0.5) is 24.9 Å². The van der Waals surface area contributed by atoms with Gasteiger partial charge in [-0.15, -0.1) is 0 Å². The Bertz CT molecular complexity index is 756. The van der Waals surface area contributed by atoms with Crippen LogP contribution in [0.25, 0.3) is 0 Å². The molecule has 2 N–H and O–H groups in total. The maximum absolute atomic E-state index is 12.8. The minimum Gasteiger partial charge on any atom is -0.367 e. The number of halogens is 3. The zero-order chi connectivity index (χ0) is 19.4. The van der Waals surface area contributed by atoms with Gasteiger partial charge in [-0.05, 0) is 51.7 Å². The van der Waals surface area contributed by atoms with Crippen molar-refractivity contribution in [2.45, 2.75) is 58.3 Å². The number of rotatable bonds is 5. The van der Waals surface area contributed by atoms with Crippen molar-refractivity contribution in [2.24, 2.45) is 5.92 Å². The molecule has 0 radical (unpaired) electrons. The molecule has 0 bridgehead atoms. The van der Waals surface area contributed by atoms with Crippen molar-refractivity contribution in [3.05, 3.63) is 41.3 Å². The summed E-state index contributed by atoms with van der Waals surface area (Å²) in [4.78, 5) is 13.2. The average Bonchev–Trinajstić information content (AvgIpc) is 2.64. The Hall–Kier alpha value is -2.38. The molecule has 0 spiro atoms. The van der Waals surface area contributed by atoms with Gasteiger partial charge in [0.15, 0.2) is 0 Å². The van der Waals surface area contributed by atoms with E-state index in [1.54, 1.807) is 6.20 Å². The van der Waals surface area contributed by atoms with Crippen molar-refractivity contribution in [1.82, 2.24) is 15.0 Å². The molecule has 0 saturated heterocycles. The summed E-state index contributed by atoms with van der Waals surface area (Å²) in [7, 11) is 0. The fourth-order valence-electron chi connectivity index (χ4n) is 3.28. The number of hydrogen-bond acceptors (Lipinski definition) is 5. The summed E-state index contributed by atoms with van der Waals surface area (Å²) >= 11 is 0. The molecule has 0 unspecified atom stereocenters. The highest BCUT2D eigenvalue weighted by molar-refractivity contribution is 5.50. The van der Waals surface area contributed by atoms with Gasteiger partial charge in [0, 0.05) is 23.5 Å². The lowest BCUT2D eigenvalue weighted by Gasteiger charge is -2.31. The van der Waals surface area contributed by atoms with Gasteiger partial charge in [-0.25, -0.2) is 4.98 Å². The van der Waals surface area contributed by atoms with Gasteiger partial charge >= 0.3 is 6.18 Å². The van der Waals surface area contributed by atoms with Crippen LogP contribution in [0.1, 0.15) is 42.6 Å². The van der Waals surface area contributed by atoms with Crippen molar-refractivity contribution < 1.29 is 13.2 Å². The number of anilines is 2. The van der Waals surface area contributed by atoms with Crippen LogP contribution in [-0.4, -0.2) is 27.2 Å². The van der Waals surface area contributed by atoms with Crippen LogP contribution >= 0.6 is 0 Å². The Morgan fingerprint density at radius 2 is 1.81 bits per heavy atom. The van der Waals surface area contributed by atoms with Crippen LogP contribution in [0.2, 0.25) is 0 Å². The minimum absolute atomic E-state index is 0.000222. The molecule has 0 aliphatic heterocycles. The third-order valence-electron chi connectivity index (χ3n) is 5.07. The van der Waals surface area contributed by atoms with E-state index in [0.29, 0.717) is 31.2 Å². The van der Waals surface area contributed by atoms with Crippen LogP contribution in [0, 0.1) is 19.8 Å². The van der Waals surface area contributed by atoms with Gasteiger partial charge in [-0.1, -0.05) is 6.07 Å². The second-order valence-corrected chi connectivity index (χ2v) is 7.02. The molecule has 1 aliphatic rings. The summed E-state index contributed by atoms with van der Waals surface area (Å²) in [6, 6.07) is 5.67. The van der Waals surface area contributed by atoms with E-state index in [1.807, 2.05) is 32.0 Å². The van der Waals surface area contributed by atoms with E-state index >= 15 is 0 Å². The van der Waals surface area contributed by atoms with Gasteiger partial charge in [-0.2, -0.15) is 18.2 Å². The largest absolute Gasteiger partial charge is 0.391 e. The Kier molecular flexibility index (Phi) is 5.82. The Labute approximate surface area is 156 Å². The topological polar surface area (TPSA) is 62.7 Å². The molecule has 5 nitrogen and oxygen atoms in total. The van der Waals surface area contributed by atoms with Crippen LogP contribution in [0.5, 0.6) is 0 Å². The predicted octanol–water partition coefficient (Wildman–Crippen LogP) is 4.63. The average molecular weight is 379 g/mol. The third kappa shape index (κ3) is 5.08. The molecule has 2 aromatic heterocycles. The van der Waals surface area contributed by atoms with Crippen LogP contribution in [0.3, 0.4) is 0 Å². The molecule has 0 amide bonds. The molecule has 146 valence electrons. The summed E-state index contributed by atoms with van der Waals surface area (Å²) in [6.07, 6.45) is -1.06. The van der Waals surface area contributed by atoms with Crippen LogP contribution < -0.4 is 10.6 Å². The monoisotopic (exact) mass is 379 g/mol. The second kappa shape index (κ2) is 8.10. The third-order valence-corrected chi connectivity index (χ3v) is 5.07. The lowest BCUT2D eigenvalue weighted by Crippen LogP contribution is -2.33. The Balaban J connectivity index is 1.64. The molecule has 1 aliphatic carbocycles. The molecular formula is C19H24F3N5. The van der Waals surface area contributed by atoms with Gasteiger partial charge in [0.05, 0.1) is 18.2 Å². The predicted molar refractivity (Wildman–Crippen MR) is 98.5 cm³/mol. The fourth-order valence-corrected chi connectivity index (χ4v) is 3.28. The zero-order valence-corrected chi connectivity index (χ0v) is 15.5. The quantitative estimate of drug-likeness (QED) is 0.793. The number of nitrogens with zero attached hydrogens (tertiary/aromatic N) is 3. The van der Waals surface area contributed by atoms with Gasteiger partial charge in [0.2, 0.25) is 5.95 Å². The first-order valence-corrected chi connectivity index (χ1v) is 9.15. The van der Waals surface area contributed by atoms with Crippen molar-refractivity contribution in [3.63, 3.8) is 0 Å². The van der Waals surface area contributed by atoms with Gasteiger partial charge in [0.25, 0.3) is 0 Å². The van der Waals surface area contributed by atoms with Crippen molar-refractivity contribution >= 4 is 11.8 Å². The molecular weight excluding hydrogens is 355 g/mol. The molecule has 0 atom stereocenters. The van der Waals surface area contributed by atoms with E-state index in [2.05, 4.69) is 25.6 Å². The summed E-state index contributed by atoms with van der Waals surface area (Å²) in [5, 5.41) is 6.49. The molecule has 1 saturated carbocycles. The van der Waals surface area contributed by atoms with Gasteiger partial charge in [-0.3, -0.25) is 4.98 Å². The highest BCUT2D eigenvalue weighted by Gasteiger charge is 2.41. The SMILES string of the molecule is Cc1nc(NCc2ccccn2)nc(NC2CCC(C(F)(F)F)CC2)c1C. The number of pyridine rings is 1. The maximum Gasteiger partial charge on any atom is 0.391 e.